The van der Waals surface area contributed by atoms with Crippen molar-refractivity contribution in [3.63, 3.8) is 0 Å². The van der Waals surface area contributed by atoms with Crippen molar-refractivity contribution in [3.05, 3.63) is 36.0 Å². The highest BCUT2D eigenvalue weighted by molar-refractivity contribution is 5.87. The molecule has 0 saturated carbocycles. The molecule has 0 saturated heterocycles. The van der Waals surface area contributed by atoms with E-state index in [1.54, 1.807) is 0 Å². The van der Waals surface area contributed by atoms with Crippen molar-refractivity contribution in [3.8, 4) is 0 Å². The zero-order valence-corrected chi connectivity index (χ0v) is 11.5. The van der Waals surface area contributed by atoms with Crippen LogP contribution in [0, 0.1) is 6.92 Å². The van der Waals surface area contributed by atoms with Gasteiger partial charge in [0.25, 0.3) is 0 Å². The van der Waals surface area contributed by atoms with E-state index in [9.17, 15) is 0 Å². The molecule has 2 N–H and O–H groups in total. The molecule has 0 bridgehead atoms. The Morgan fingerprint density at radius 2 is 1.71 bits per heavy atom. The van der Waals surface area contributed by atoms with E-state index < -0.39 is 0 Å². The van der Waals surface area contributed by atoms with Crippen molar-refractivity contribution < 1.29 is 4.57 Å². The Balaban J connectivity index is 0.000000686. The quantitative estimate of drug-likeness (QED) is 0.746. The first-order valence-electron chi connectivity index (χ1n) is 6.30. The normalized spacial score (nSPS) is 10.2. The second kappa shape index (κ2) is 5.67. The van der Waals surface area contributed by atoms with Gasteiger partial charge in [-0.2, -0.15) is 4.57 Å². The van der Waals surface area contributed by atoms with Crippen LogP contribution >= 0.6 is 0 Å². The lowest BCUT2D eigenvalue weighted by atomic mass is 10.1. The minimum absolute atomic E-state index is 0.454. The maximum atomic E-state index is 6.01. The highest BCUT2D eigenvalue weighted by Crippen LogP contribution is 2.19. The van der Waals surface area contributed by atoms with Gasteiger partial charge in [-0.15, -0.1) is 0 Å². The summed E-state index contributed by atoms with van der Waals surface area (Å²) in [4.78, 5) is 0. The average Bonchev–Trinajstić information content (AvgIpc) is 2.31. The third-order valence-electron chi connectivity index (χ3n) is 2.74. The zero-order valence-electron chi connectivity index (χ0n) is 11.5. The fourth-order valence-electron chi connectivity index (χ4n) is 2.18. The van der Waals surface area contributed by atoms with Gasteiger partial charge in [0, 0.05) is 19.1 Å². The standard InChI is InChI=1S/C13H16N2.C2H6/c1-9(2)15-10(3)8-12(14)11-6-4-5-7-13(11)15;1-2/h4-9,14H,1-3H3;1-2H3/p+1. The van der Waals surface area contributed by atoms with Gasteiger partial charge in [-0.1, -0.05) is 26.0 Å². The number of hydrogen-bond acceptors (Lipinski definition) is 1. The molecule has 0 atom stereocenters. The zero-order chi connectivity index (χ0) is 13.0. The molecule has 17 heavy (non-hydrogen) atoms. The van der Waals surface area contributed by atoms with Crippen LogP contribution in [0.1, 0.15) is 39.4 Å². The number of aryl methyl sites for hydroxylation is 1. The van der Waals surface area contributed by atoms with E-state index in [0.717, 1.165) is 11.1 Å². The van der Waals surface area contributed by atoms with E-state index in [1.807, 2.05) is 26.0 Å². The van der Waals surface area contributed by atoms with Gasteiger partial charge in [-0.3, -0.25) is 0 Å². The number of rotatable bonds is 1. The van der Waals surface area contributed by atoms with Crippen LogP contribution < -0.4 is 10.3 Å². The molecule has 0 aliphatic rings. The van der Waals surface area contributed by atoms with Crippen LogP contribution in [0.25, 0.3) is 10.9 Å². The summed E-state index contributed by atoms with van der Waals surface area (Å²) in [5, 5.41) is 1.14. The van der Waals surface area contributed by atoms with Gasteiger partial charge in [0.15, 0.2) is 11.7 Å². The molecule has 0 unspecified atom stereocenters. The fourth-order valence-corrected chi connectivity index (χ4v) is 2.18. The number of fused-ring (bicyclic) bond motifs is 1. The molecule has 2 aromatic rings. The molecule has 0 spiro atoms. The number of aromatic nitrogens is 1. The monoisotopic (exact) mass is 231 g/mol. The van der Waals surface area contributed by atoms with Crippen LogP contribution in [-0.2, 0) is 0 Å². The predicted octanol–water partition coefficient (Wildman–Crippen LogP) is 3.63. The third kappa shape index (κ3) is 2.57. The maximum absolute atomic E-state index is 6.01. The van der Waals surface area contributed by atoms with E-state index in [2.05, 4.69) is 43.5 Å². The lowest BCUT2D eigenvalue weighted by Gasteiger charge is -2.09. The fraction of sp³-hybridized carbons (Fsp3) is 0.400. The summed E-state index contributed by atoms with van der Waals surface area (Å²) in [6.45, 7) is 10.5. The van der Waals surface area contributed by atoms with E-state index in [4.69, 9.17) is 5.73 Å². The summed E-state index contributed by atoms with van der Waals surface area (Å²) >= 11 is 0. The van der Waals surface area contributed by atoms with Gasteiger partial charge in [-0.25, -0.2) is 0 Å². The topological polar surface area (TPSA) is 29.9 Å². The molecule has 1 heterocycles. The van der Waals surface area contributed by atoms with Crippen LogP contribution in [0.2, 0.25) is 0 Å². The molecule has 92 valence electrons. The molecular weight excluding hydrogens is 208 g/mol. The Morgan fingerprint density at radius 3 is 2.29 bits per heavy atom. The smallest absolute Gasteiger partial charge is 0.214 e. The summed E-state index contributed by atoms with van der Waals surface area (Å²) in [7, 11) is 0. The van der Waals surface area contributed by atoms with E-state index in [1.165, 1.54) is 11.2 Å². The van der Waals surface area contributed by atoms with E-state index >= 15 is 0 Å². The summed E-state index contributed by atoms with van der Waals surface area (Å²) in [5.41, 5.74) is 9.30. The first-order valence-corrected chi connectivity index (χ1v) is 6.30. The summed E-state index contributed by atoms with van der Waals surface area (Å²) < 4.78 is 2.31. The Kier molecular flexibility index (Phi) is 4.50. The minimum Gasteiger partial charge on any atom is -0.398 e. The lowest BCUT2D eigenvalue weighted by Crippen LogP contribution is -2.40. The molecule has 2 heteroatoms. The van der Waals surface area contributed by atoms with Crippen LogP contribution in [0.3, 0.4) is 0 Å². The Bertz CT molecular complexity index is 501. The molecular formula is C15H23N2+. The van der Waals surface area contributed by atoms with Gasteiger partial charge in [0.05, 0.1) is 11.1 Å². The van der Waals surface area contributed by atoms with Crippen molar-refractivity contribution in [2.24, 2.45) is 0 Å². The number of nitrogens with zero attached hydrogens (tertiary/aromatic N) is 1. The Hall–Kier alpha value is -1.57. The van der Waals surface area contributed by atoms with Crippen LogP contribution in [0.15, 0.2) is 30.3 Å². The number of anilines is 1. The number of nitrogen functional groups attached to an aromatic ring is 1. The molecule has 0 aliphatic carbocycles. The second-order valence-corrected chi connectivity index (χ2v) is 4.22. The number of hydrogen-bond donors (Lipinski definition) is 1. The largest absolute Gasteiger partial charge is 0.398 e. The molecule has 0 aliphatic heterocycles. The van der Waals surface area contributed by atoms with Gasteiger partial charge in [0.1, 0.15) is 0 Å². The number of pyridine rings is 1. The molecule has 0 fully saturated rings. The van der Waals surface area contributed by atoms with Gasteiger partial charge < -0.3 is 5.73 Å². The second-order valence-electron chi connectivity index (χ2n) is 4.22. The van der Waals surface area contributed by atoms with Gasteiger partial charge in [0.2, 0.25) is 5.52 Å². The molecule has 0 amide bonds. The lowest BCUT2D eigenvalue weighted by molar-refractivity contribution is -0.697. The van der Waals surface area contributed by atoms with Crippen molar-refractivity contribution in [2.45, 2.75) is 40.7 Å². The van der Waals surface area contributed by atoms with Crippen LogP contribution in [-0.4, -0.2) is 0 Å². The molecule has 1 aromatic heterocycles. The van der Waals surface area contributed by atoms with E-state index in [0.29, 0.717) is 6.04 Å². The number of benzene rings is 1. The Labute approximate surface area is 104 Å². The first-order chi connectivity index (χ1) is 8.11. The summed E-state index contributed by atoms with van der Waals surface area (Å²) in [6.07, 6.45) is 0. The van der Waals surface area contributed by atoms with E-state index in [-0.39, 0.29) is 0 Å². The number of para-hydroxylation sites is 1. The van der Waals surface area contributed by atoms with Crippen molar-refractivity contribution in [1.82, 2.24) is 0 Å². The maximum Gasteiger partial charge on any atom is 0.214 e. The van der Waals surface area contributed by atoms with Gasteiger partial charge in [-0.05, 0) is 19.9 Å². The molecule has 2 nitrogen and oxygen atoms in total. The van der Waals surface area contributed by atoms with Crippen LogP contribution in [0.5, 0.6) is 0 Å². The number of nitrogens with two attached hydrogens (primary N) is 1. The van der Waals surface area contributed by atoms with Crippen molar-refractivity contribution in [2.75, 3.05) is 5.73 Å². The minimum atomic E-state index is 0.454. The predicted molar refractivity (Wildman–Crippen MR) is 75.0 cm³/mol. The van der Waals surface area contributed by atoms with Gasteiger partial charge >= 0.3 is 0 Å². The summed E-state index contributed by atoms with van der Waals surface area (Å²) in [5.74, 6) is 0. The van der Waals surface area contributed by atoms with Crippen molar-refractivity contribution >= 4 is 16.6 Å². The first kappa shape index (κ1) is 13.5. The summed E-state index contributed by atoms with van der Waals surface area (Å²) in [6, 6.07) is 10.8. The molecule has 2 rings (SSSR count). The molecule has 1 aromatic carbocycles. The van der Waals surface area contributed by atoms with Crippen molar-refractivity contribution in [1.29, 1.82) is 0 Å². The van der Waals surface area contributed by atoms with Crippen LogP contribution in [0.4, 0.5) is 5.69 Å². The highest BCUT2D eigenvalue weighted by Gasteiger charge is 2.17. The SMILES string of the molecule is CC.Cc1cc(N)c2ccccc2[n+]1C(C)C. The Morgan fingerprint density at radius 1 is 1.12 bits per heavy atom. The molecule has 0 radical (unpaired) electrons. The third-order valence-corrected chi connectivity index (χ3v) is 2.74. The average molecular weight is 231 g/mol. The highest BCUT2D eigenvalue weighted by atomic mass is 15.0.